The van der Waals surface area contributed by atoms with Crippen molar-refractivity contribution in [2.75, 3.05) is 0 Å². The van der Waals surface area contributed by atoms with Crippen LogP contribution in [0.25, 0.3) is 6.08 Å². The van der Waals surface area contributed by atoms with Crippen molar-refractivity contribution in [3.05, 3.63) is 40.4 Å². The van der Waals surface area contributed by atoms with E-state index in [0.717, 1.165) is 12.3 Å². The van der Waals surface area contributed by atoms with Crippen LogP contribution >= 0.6 is 15.9 Å². The number of halogens is 1. The van der Waals surface area contributed by atoms with Crippen molar-refractivity contribution >= 4 is 22.0 Å². The zero-order valence-electron chi connectivity index (χ0n) is 8.13. The van der Waals surface area contributed by atoms with Crippen LogP contribution in [0.2, 0.25) is 0 Å². The summed E-state index contributed by atoms with van der Waals surface area (Å²) in [5.74, 6) is 0.734. The van der Waals surface area contributed by atoms with E-state index in [4.69, 9.17) is 0 Å². The van der Waals surface area contributed by atoms with Gasteiger partial charge in [-0.05, 0) is 34.5 Å². The maximum Gasteiger partial charge on any atom is -0.0183 e. The Hall–Kier alpha value is -0.560. The van der Waals surface area contributed by atoms with Crippen molar-refractivity contribution in [2.24, 2.45) is 5.92 Å². The van der Waals surface area contributed by atoms with Gasteiger partial charge in [0.15, 0.2) is 0 Å². The molecule has 1 heteroatoms. The third-order valence-corrected chi connectivity index (χ3v) is 2.14. The molecule has 0 aliphatic carbocycles. The maximum absolute atomic E-state index is 3.26. The van der Waals surface area contributed by atoms with Crippen LogP contribution in [0.15, 0.2) is 29.3 Å². The molecule has 0 fully saturated rings. The summed E-state index contributed by atoms with van der Waals surface area (Å²) in [5, 5.41) is 0. The molecule has 0 radical (unpaired) electrons. The summed E-state index contributed by atoms with van der Waals surface area (Å²) in [7, 11) is 0. The molecule has 0 saturated carbocycles. The van der Waals surface area contributed by atoms with E-state index in [2.05, 4.69) is 54.0 Å². The van der Waals surface area contributed by atoms with E-state index in [-0.39, 0.29) is 0 Å². The van der Waals surface area contributed by atoms with Gasteiger partial charge in [0.2, 0.25) is 0 Å². The summed E-state index contributed by atoms with van der Waals surface area (Å²) < 4.78 is 0. The monoisotopic (exact) mass is 238 g/mol. The van der Waals surface area contributed by atoms with Crippen molar-refractivity contribution in [1.29, 1.82) is 0 Å². The lowest BCUT2D eigenvalue weighted by Gasteiger charge is -2.04. The first-order valence-corrected chi connectivity index (χ1v) is 5.49. The topological polar surface area (TPSA) is 0 Å². The molecular weight excluding hydrogens is 224 g/mol. The predicted octanol–water partition coefficient (Wildman–Crippen LogP) is 4.25. The highest BCUT2D eigenvalue weighted by Gasteiger charge is 1.96. The molecule has 0 spiro atoms. The highest BCUT2D eigenvalue weighted by atomic mass is 79.9. The highest BCUT2D eigenvalue weighted by molar-refractivity contribution is 9.11. The van der Waals surface area contributed by atoms with E-state index >= 15 is 0 Å². The summed E-state index contributed by atoms with van der Waals surface area (Å²) in [4.78, 5) is 1.88. The molecule has 0 atom stereocenters. The number of rotatable bonds is 3. The van der Waals surface area contributed by atoms with Crippen molar-refractivity contribution in [3.8, 4) is 0 Å². The molecule has 0 saturated heterocycles. The Kier molecular flexibility index (Phi) is 4.23. The van der Waals surface area contributed by atoms with Gasteiger partial charge in [-0.1, -0.05) is 54.0 Å². The minimum atomic E-state index is 0.734. The van der Waals surface area contributed by atoms with Gasteiger partial charge in [0.05, 0.1) is 0 Å². The molecule has 0 aliphatic rings. The van der Waals surface area contributed by atoms with E-state index in [1.54, 1.807) is 0 Å². The van der Waals surface area contributed by atoms with Crippen LogP contribution in [-0.2, 0) is 6.42 Å². The van der Waals surface area contributed by atoms with Gasteiger partial charge < -0.3 is 0 Å². The Bertz CT molecular complexity index is 270. The fourth-order valence-electron chi connectivity index (χ4n) is 1.31. The minimum absolute atomic E-state index is 0.734. The smallest absolute Gasteiger partial charge is 0.0183 e. The average Bonchev–Trinajstić information content (AvgIpc) is 2.08. The van der Waals surface area contributed by atoms with Crippen LogP contribution in [0.4, 0.5) is 0 Å². The molecule has 0 aliphatic heterocycles. The lowest BCUT2D eigenvalue weighted by atomic mass is 10.0. The van der Waals surface area contributed by atoms with Gasteiger partial charge in [0, 0.05) is 0 Å². The van der Waals surface area contributed by atoms with Crippen molar-refractivity contribution in [1.82, 2.24) is 0 Å². The quantitative estimate of drug-likeness (QED) is 0.739. The van der Waals surface area contributed by atoms with E-state index in [0.29, 0.717) is 0 Å². The van der Waals surface area contributed by atoms with Gasteiger partial charge in [-0.2, -0.15) is 0 Å². The number of benzene rings is 1. The Morgan fingerprint density at radius 2 is 1.85 bits per heavy atom. The summed E-state index contributed by atoms with van der Waals surface area (Å²) in [6, 6.07) is 8.69. The maximum atomic E-state index is 3.26. The standard InChI is InChI=1S/C12H15Br/c1-10(2)9-12-5-3-11(4-6-12)7-8-13/h3-8,10H,9H2,1-2H3/b8-7+. The van der Waals surface area contributed by atoms with Crippen LogP contribution in [0.5, 0.6) is 0 Å². The van der Waals surface area contributed by atoms with Gasteiger partial charge >= 0.3 is 0 Å². The summed E-state index contributed by atoms with van der Waals surface area (Å²) in [6.45, 7) is 4.48. The predicted molar refractivity (Wildman–Crippen MR) is 62.9 cm³/mol. The summed E-state index contributed by atoms with van der Waals surface area (Å²) in [5.41, 5.74) is 2.66. The molecule has 0 aromatic heterocycles. The average molecular weight is 239 g/mol. The van der Waals surface area contributed by atoms with Gasteiger partial charge in [0.1, 0.15) is 0 Å². The molecule has 0 unspecified atom stereocenters. The molecule has 1 aromatic rings. The van der Waals surface area contributed by atoms with Crippen molar-refractivity contribution in [2.45, 2.75) is 20.3 Å². The molecule has 13 heavy (non-hydrogen) atoms. The number of hydrogen-bond acceptors (Lipinski definition) is 0. The third kappa shape index (κ3) is 3.77. The normalized spacial score (nSPS) is 11.4. The van der Waals surface area contributed by atoms with Crippen molar-refractivity contribution in [3.63, 3.8) is 0 Å². The molecule has 0 heterocycles. The van der Waals surface area contributed by atoms with Crippen LogP contribution in [-0.4, -0.2) is 0 Å². The lowest BCUT2D eigenvalue weighted by Crippen LogP contribution is -1.93. The lowest BCUT2D eigenvalue weighted by molar-refractivity contribution is 0.647. The zero-order chi connectivity index (χ0) is 9.68. The fraction of sp³-hybridized carbons (Fsp3) is 0.333. The summed E-state index contributed by atoms with van der Waals surface area (Å²) in [6.07, 6.45) is 3.21. The first-order valence-electron chi connectivity index (χ1n) is 4.58. The van der Waals surface area contributed by atoms with E-state index in [1.165, 1.54) is 11.1 Å². The first-order chi connectivity index (χ1) is 6.22. The Morgan fingerprint density at radius 3 is 2.31 bits per heavy atom. The van der Waals surface area contributed by atoms with Gasteiger partial charge in [-0.3, -0.25) is 0 Å². The molecule has 0 nitrogen and oxygen atoms in total. The SMILES string of the molecule is CC(C)Cc1ccc(/C=C/Br)cc1. The van der Waals surface area contributed by atoms with Gasteiger partial charge in [-0.25, -0.2) is 0 Å². The van der Waals surface area contributed by atoms with Crippen LogP contribution < -0.4 is 0 Å². The second kappa shape index (κ2) is 5.23. The highest BCUT2D eigenvalue weighted by Crippen LogP contribution is 2.11. The molecule has 1 aromatic carbocycles. The van der Waals surface area contributed by atoms with E-state index in [1.807, 2.05) is 11.1 Å². The van der Waals surface area contributed by atoms with E-state index in [9.17, 15) is 0 Å². The van der Waals surface area contributed by atoms with Gasteiger partial charge in [0.25, 0.3) is 0 Å². The first kappa shape index (κ1) is 10.5. The van der Waals surface area contributed by atoms with Crippen LogP contribution in [0, 0.1) is 5.92 Å². The molecule has 1 rings (SSSR count). The minimum Gasteiger partial charge on any atom is -0.0625 e. The zero-order valence-corrected chi connectivity index (χ0v) is 9.71. The van der Waals surface area contributed by atoms with Crippen LogP contribution in [0.3, 0.4) is 0 Å². The summed E-state index contributed by atoms with van der Waals surface area (Å²) >= 11 is 3.26. The van der Waals surface area contributed by atoms with Crippen molar-refractivity contribution < 1.29 is 0 Å². The number of hydrogen-bond donors (Lipinski definition) is 0. The largest absolute Gasteiger partial charge is 0.0625 e. The Balaban J connectivity index is 2.69. The van der Waals surface area contributed by atoms with Crippen LogP contribution in [0.1, 0.15) is 25.0 Å². The Morgan fingerprint density at radius 1 is 1.23 bits per heavy atom. The second-order valence-corrected chi connectivity index (χ2v) is 4.16. The molecule has 0 N–H and O–H groups in total. The molecule has 0 bridgehead atoms. The third-order valence-electron chi connectivity index (χ3n) is 1.88. The Labute approximate surface area is 88.8 Å². The molecule has 70 valence electrons. The van der Waals surface area contributed by atoms with E-state index < -0.39 is 0 Å². The fourth-order valence-corrected chi connectivity index (χ4v) is 1.61. The van der Waals surface area contributed by atoms with Gasteiger partial charge in [-0.15, -0.1) is 0 Å². The second-order valence-electron chi connectivity index (χ2n) is 3.63. The molecular formula is C12H15Br. The molecule has 0 amide bonds.